The molecule has 1 aliphatic heterocycles. The van der Waals surface area contributed by atoms with Gasteiger partial charge in [0.1, 0.15) is 23.4 Å². The molecule has 1 fully saturated rings. The van der Waals surface area contributed by atoms with Gasteiger partial charge in [-0.05, 0) is 24.1 Å². The van der Waals surface area contributed by atoms with E-state index in [1.165, 1.54) is 27.8 Å². The average molecular weight is 510 g/mol. The lowest BCUT2D eigenvalue weighted by atomic mass is 10.0. The number of amides is 1. The fraction of sp³-hybridized carbons (Fsp3) is 0.304. The Kier molecular flexibility index (Phi) is 6.75. The Morgan fingerprint density at radius 2 is 1.88 bits per heavy atom. The van der Waals surface area contributed by atoms with E-state index >= 15 is 0 Å². The monoisotopic (exact) mass is 509 g/mol. The van der Waals surface area contributed by atoms with E-state index in [0.717, 1.165) is 0 Å². The van der Waals surface area contributed by atoms with E-state index in [4.69, 9.17) is 16.7 Å². The Hall–Kier alpha value is -2.82. The van der Waals surface area contributed by atoms with Crippen molar-refractivity contribution >= 4 is 44.2 Å². The second kappa shape index (κ2) is 9.44. The topological polar surface area (TPSA) is 102 Å². The van der Waals surface area contributed by atoms with Crippen LogP contribution in [0.1, 0.15) is 18.4 Å². The smallest absolute Gasteiger partial charge is 0.243 e. The van der Waals surface area contributed by atoms with Crippen LogP contribution in [0.2, 0.25) is 5.02 Å². The van der Waals surface area contributed by atoms with Gasteiger partial charge in [-0.1, -0.05) is 41.9 Å². The summed E-state index contributed by atoms with van der Waals surface area (Å²) in [5.41, 5.74) is 0.734. The van der Waals surface area contributed by atoms with Crippen LogP contribution in [0.5, 0.6) is 0 Å². The van der Waals surface area contributed by atoms with Crippen molar-refractivity contribution < 1.29 is 26.8 Å². The minimum Gasteiger partial charge on any atom is -0.337 e. The van der Waals surface area contributed by atoms with E-state index in [2.05, 4.69) is 0 Å². The lowest BCUT2D eigenvalue weighted by Crippen LogP contribution is -2.42. The number of nitrogens with zero attached hydrogens (tertiary/aromatic N) is 2. The quantitative estimate of drug-likeness (QED) is 0.528. The number of rotatable bonds is 7. The van der Waals surface area contributed by atoms with Crippen molar-refractivity contribution in [2.75, 3.05) is 6.54 Å². The molecule has 2 atom stereocenters. The summed E-state index contributed by atoms with van der Waals surface area (Å²) < 4.78 is 53.7. The first-order valence-corrected chi connectivity index (χ1v) is 12.5. The third-order valence-corrected chi connectivity index (χ3v) is 7.21. The van der Waals surface area contributed by atoms with Crippen molar-refractivity contribution in [1.29, 1.82) is 0 Å². The number of aromatic nitrogens is 1. The molecule has 3 aromatic rings. The number of para-hydroxylation sites is 1. The summed E-state index contributed by atoms with van der Waals surface area (Å²) in [5.74, 6) is -1.52. The van der Waals surface area contributed by atoms with Crippen LogP contribution in [0.4, 0.5) is 8.78 Å². The number of carbonyl (C=O) groups excluding carboxylic acids is 2. The number of benzene rings is 2. The molecular weight excluding hydrogens is 488 g/mol. The molecule has 1 aliphatic rings. The van der Waals surface area contributed by atoms with Crippen molar-refractivity contribution in [2.45, 2.75) is 42.9 Å². The normalized spacial score (nSPS) is 18.5. The number of fused-ring (bicyclic) bond motifs is 1. The van der Waals surface area contributed by atoms with Crippen LogP contribution in [0.25, 0.3) is 10.9 Å². The van der Waals surface area contributed by atoms with Gasteiger partial charge in [-0.15, -0.1) is 0 Å². The molecule has 0 aliphatic carbocycles. The summed E-state index contributed by atoms with van der Waals surface area (Å²) in [7, 11) is -4.04. The van der Waals surface area contributed by atoms with Crippen LogP contribution in [0.3, 0.4) is 0 Å². The van der Waals surface area contributed by atoms with Crippen LogP contribution in [-0.2, 0) is 32.6 Å². The molecule has 0 radical (unpaired) electrons. The molecule has 180 valence electrons. The molecule has 0 spiro atoms. The van der Waals surface area contributed by atoms with Crippen LogP contribution < -0.4 is 5.14 Å². The van der Waals surface area contributed by atoms with Gasteiger partial charge in [-0.25, -0.2) is 22.3 Å². The number of sulfonamides is 1. The zero-order valence-electron chi connectivity index (χ0n) is 18.0. The first kappa shape index (κ1) is 24.3. The number of nitrogens with two attached hydrogens (primary N) is 1. The number of aryl methyl sites for hydroxylation is 1. The van der Waals surface area contributed by atoms with E-state index in [1.54, 1.807) is 30.3 Å². The van der Waals surface area contributed by atoms with Crippen LogP contribution >= 0.6 is 11.6 Å². The van der Waals surface area contributed by atoms with Gasteiger partial charge in [0.2, 0.25) is 15.9 Å². The minimum absolute atomic E-state index is 0.0516. The number of ketones is 1. The van der Waals surface area contributed by atoms with E-state index in [1.807, 2.05) is 0 Å². The number of carbonyl (C=O) groups is 2. The van der Waals surface area contributed by atoms with E-state index in [0.29, 0.717) is 10.9 Å². The Labute approximate surface area is 200 Å². The van der Waals surface area contributed by atoms with Gasteiger partial charge in [0.15, 0.2) is 5.78 Å². The summed E-state index contributed by atoms with van der Waals surface area (Å²) in [5, 5.41) is 5.61. The number of alkyl halides is 1. The zero-order chi connectivity index (χ0) is 24.6. The molecule has 2 N–H and O–H groups in total. The molecule has 0 bridgehead atoms. The number of hydrogen-bond acceptors (Lipinski definition) is 4. The van der Waals surface area contributed by atoms with Gasteiger partial charge in [0.25, 0.3) is 0 Å². The molecule has 2 aromatic carbocycles. The molecule has 4 rings (SSSR count). The predicted octanol–water partition coefficient (Wildman–Crippen LogP) is 3.22. The van der Waals surface area contributed by atoms with E-state index < -0.39 is 34.0 Å². The SMILES string of the molecule is NS(=O)(=O)c1cn(CC(=O)N2C[C@H](F)C[C@H]2C(=O)CCc2cccc(Cl)c2F)c2ccccc12. The molecule has 1 saturated heterocycles. The number of hydrogen-bond donors (Lipinski definition) is 1. The first-order chi connectivity index (χ1) is 16.1. The van der Waals surface area contributed by atoms with Crippen molar-refractivity contribution in [3.8, 4) is 0 Å². The fourth-order valence-corrected chi connectivity index (χ4v) is 5.29. The third kappa shape index (κ3) is 4.84. The Morgan fingerprint density at radius 1 is 1.15 bits per heavy atom. The zero-order valence-corrected chi connectivity index (χ0v) is 19.5. The highest BCUT2D eigenvalue weighted by atomic mass is 35.5. The summed E-state index contributed by atoms with van der Waals surface area (Å²) in [4.78, 5) is 27.0. The number of likely N-dealkylation sites (tertiary alicyclic amines) is 1. The minimum atomic E-state index is -4.04. The maximum absolute atomic E-state index is 14.3. The molecule has 0 unspecified atom stereocenters. The molecule has 2 heterocycles. The summed E-state index contributed by atoms with van der Waals surface area (Å²) in [6, 6.07) is 10.1. The van der Waals surface area contributed by atoms with E-state index in [9.17, 15) is 26.8 Å². The lowest BCUT2D eigenvalue weighted by molar-refractivity contribution is -0.138. The standard InChI is InChI=1S/C23H22ClF2N3O4S/c24-17-6-3-4-14(23(17)26)8-9-20(30)19-10-15(25)11-29(19)22(31)13-28-12-21(34(27,32)33)16-5-1-2-7-18(16)28/h1-7,12,15,19H,8-11,13H2,(H2,27,32,33)/t15-,19+/m1/s1. The Morgan fingerprint density at radius 3 is 2.62 bits per heavy atom. The molecule has 1 aromatic heterocycles. The highest BCUT2D eigenvalue weighted by molar-refractivity contribution is 7.89. The second-order valence-corrected chi connectivity index (χ2v) is 10.2. The Bertz CT molecular complexity index is 1380. The van der Waals surface area contributed by atoms with Gasteiger partial charge < -0.3 is 9.47 Å². The number of primary sulfonamides is 1. The molecule has 0 saturated carbocycles. The third-order valence-electron chi connectivity index (χ3n) is 5.98. The van der Waals surface area contributed by atoms with Crippen molar-refractivity contribution in [2.24, 2.45) is 5.14 Å². The summed E-state index contributed by atoms with van der Waals surface area (Å²) in [6.07, 6.45) is -0.264. The van der Waals surface area contributed by atoms with Crippen LogP contribution in [0, 0.1) is 5.82 Å². The van der Waals surface area contributed by atoms with Gasteiger partial charge in [0, 0.05) is 29.9 Å². The van der Waals surface area contributed by atoms with Crippen molar-refractivity contribution in [3.05, 3.63) is 65.1 Å². The molecule has 11 heteroatoms. The van der Waals surface area contributed by atoms with Gasteiger partial charge in [-0.3, -0.25) is 9.59 Å². The van der Waals surface area contributed by atoms with Crippen molar-refractivity contribution in [1.82, 2.24) is 9.47 Å². The van der Waals surface area contributed by atoms with E-state index in [-0.39, 0.29) is 53.6 Å². The molecule has 7 nitrogen and oxygen atoms in total. The molecule has 34 heavy (non-hydrogen) atoms. The fourth-order valence-electron chi connectivity index (χ4n) is 4.34. The maximum Gasteiger partial charge on any atom is 0.243 e. The number of halogens is 3. The number of Topliss-reactive ketones (excluding diaryl/α,β-unsaturated/α-hetero) is 1. The average Bonchev–Trinajstić information content (AvgIpc) is 3.36. The lowest BCUT2D eigenvalue weighted by Gasteiger charge is -2.24. The maximum atomic E-state index is 14.3. The highest BCUT2D eigenvalue weighted by Gasteiger charge is 2.39. The highest BCUT2D eigenvalue weighted by Crippen LogP contribution is 2.27. The molecule has 1 amide bonds. The van der Waals surface area contributed by atoms with Crippen LogP contribution in [-0.4, -0.2) is 48.3 Å². The Balaban J connectivity index is 1.52. The summed E-state index contributed by atoms with van der Waals surface area (Å²) in [6.45, 7) is -0.544. The predicted molar refractivity (Wildman–Crippen MR) is 123 cm³/mol. The first-order valence-electron chi connectivity index (χ1n) is 10.6. The van der Waals surface area contributed by atoms with Crippen molar-refractivity contribution in [3.63, 3.8) is 0 Å². The van der Waals surface area contributed by atoms with Gasteiger partial charge in [-0.2, -0.15) is 0 Å². The molecular formula is C23H22ClF2N3O4S. The van der Waals surface area contributed by atoms with Gasteiger partial charge >= 0.3 is 0 Å². The van der Waals surface area contributed by atoms with Crippen LogP contribution in [0.15, 0.2) is 53.6 Å². The largest absolute Gasteiger partial charge is 0.337 e. The summed E-state index contributed by atoms with van der Waals surface area (Å²) >= 11 is 5.78. The second-order valence-electron chi connectivity index (χ2n) is 8.26. The van der Waals surface area contributed by atoms with Gasteiger partial charge in [0.05, 0.1) is 17.6 Å².